The number of carbonyl (C=O) groups excluding carboxylic acids is 1. The van der Waals surface area contributed by atoms with Crippen molar-refractivity contribution in [3.63, 3.8) is 0 Å². The smallest absolute Gasteiger partial charge is 0.259 e. The van der Waals surface area contributed by atoms with Gasteiger partial charge in [0, 0.05) is 45.6 Å². The van der Waals surface area contributed by atoms with Crippen molar-refractivity contribution in [2.75, 3.05) is 60.7 Å². The minimum absolute atomic E-state index is 0.107. The van der Waals surface area contributed by atoms with Crippen LogP contribution in [0.5, 0.6) is 17.4 Å². The van der Waals surface area contributed by atoms with Crippen LogP contribution in [0.15, 0.2) is 41.4 Å². The number of ether oxygens (including phenoxy) is 4. The third-order valence-electron chi connectivity index (χ3n) is 5.05. The zero-order valence-electron chi connectivity index (χ0n) is 18.3. The Morgan fingerprint density at radius 2 is 1.72 bits per heavy atom. The standard InChI is InChI=1S/C21H27N3O7S/c1-28-13-14-31-20-17(5-4-8-22-20)21(25)23-9-11-24(12-10-23)32(26,27)16-6-7-18(29-2)19(15-16)30-3/h4-8,15H,9-14H2,1-3H3. The molecule has 0 saturated carbocycles. The number of hydrogen-bond donors (Lipinski definition) is 0. The summed E-state index contributed by atoms with van der Waals surface area (Å²) in [6.45, 7) is 1.47. The third-order valence-corrected chi connectivity index (χ3v) is 6.94. The number of aromatic nitrogens is 1. The Bertz CT molecular complexity index is 1040. The molecule has 1 aliphatic heterocycles. The summed E-state index contributed by atoms with van der Waals surface area (Å²) in [5.41, 5.74) is 0.333. The molecule has 0 spiro atoms. The Kier molecular flexibility index (Phi) is 7.89. The van der Waals surface area contributed by atoms with Gasteiger partial charge in [-0.15, -0.1) is 0 Å². The topological polar surface area (TPSA) is 108 Å². The van der Waals surface area contributed by atoms with Crippen LogP contribution in [0.3, 0.4) is 0 Å². The van der Waals surface area contributed by atoms with E-state index in [1.807, 2.05) is 0 Å². The summed E-state index contributed by atoms with van der Waals surface area (Å²) < 4.78 is 48.4. The molecule has 0 unspecified atom stereocenters. The van der Waals surface area contributed by atoms with Crippen molar-refractivity contribution < 1.29 is 32.2 Å². The zero-order valence-corrected chi connectivity index (χ0v) is 19.1. The van der Waals surface area contributed by atoms with E-state index in [1.54, 1.807) is 36.4 Å². The predicted octanol–water partition coefficient (Wildman–Crippen LogP) is 1.27. The summed E-state index contributed by atoms with van der Waals surface area (Å²) in [4.78, 5) is 18.9. The minimum atomic E-state index is -3.75. The number of nitrogens with zero attached hydrogens (tertiary/aromatic N) is 3. The van der Waals surface area contributed by atoms with Gasteiger partial charge in [0.15, 0.2) is 11.5 Å². The maximum absolute atomic E-state index is 13.1. The van der Waals surface area contributed by atoms with Crippen molar-refractivity contribution in [1.29, 1.82) is 0 Å². The van der Waals surface area contributed by atoms with Crippen LogP contribution in [0.25, 0.3) is 0 Å². The van der Waals surface area contributed by atoms with Crippen LogP contribution in [0, 0.1) is 0 Å². The first-order chi connectivity index (χ1) is 15.4. The van der Waals surface area contributed by atoms with Gasteiger partial charge in [0.05, 0.1) is 25.7 Å². The van der Waals surface area contributed by atoms with E-state index in [0.717, 1.165) is 0 Å². The van der Waals surface area contributed by atoms with E-state index < -0.39 is 10.0 Å². The van der Waals surface area contributed by atoms with Crippen LogP contribution >= 0.6 is 0 Å². The van der Waals surface area contributed by atoms with E-state index in [9.17, 15) is 13.2 Å². The molecule has 0 N–H and O–H groups in total. The van der Waals surface area contributed by atoms with Gasteiger partial charge in [-0.1, -0.05) is 0 Å². The fourth-order valence-corrected chi connectivity index (χ4v) is 4.76. The molecular weight excluding hydrogens is 438 g/mol. The second-order valence-corrected chi connectivity index (χ2v) is 8.85. The molecule has 174 valence electrons. The average Bonchev–Trinajstić information content (AvgIpc) is 2.83. The number of pyridine rings is 1. The predicted molar refractivity (Wildman–Crippen MR) is 116 cm³/mol. The van der Waals surface area contributed by atoms with Crippen molar-refractivity contribution in [1.82, 2.24) is 14.2 Å². The maximum Gasteiger partial charge on any atom is 0.259 e. The number of methoxy groups -OCH3 is 3. The summed E-state index contributed by atoms with van der Waals surface area (Å²) in [5.74, 6) is 0.755. The number of sulfonamides is 1. The fraction of sp³-hybridized carbons (Fsp3) is 0.429. The molecule has 3 rings (SSSR count). The molecule has 10 nitrogen and oxygen atoms in total. The number of amides is 1. The molecule has 1 aromatic carbocycles. The molecule has 32 heavy (non-hydrogen) atoms. The van der Waals surface area contributed by atoms with Gasteiger partial charge in [-0.3, -0.25) is 4.79 Å². The Hall–Kier alpha value is -2.89. The van der Waals surface area contributed by atoms with Crippen molar-refractivity contribution in [2.45, 2.75) is 4.90 Å². The summed E-state index contributed by atoms with van der Waals surface area (Å²) in [7, 11) is 0.745. The van der Waals surface area contributed by atoms with E-state index in [2.05, 4.69) is 4.98 Å². The highest BCUT2D eigenvalue weighted by molar-refractivity contribution is 7.89. The van der Waals surface area contributed by atoms with Gasteiger partial charge >= 0.3 is 0 Å². The summed E-state index contributed by atoms with van der Waals surface area (Å²) >= 11 is 0. The van der Waals surface area contributed by atoms with E-state index >= 15 is 0 Å². The minimum Gasteiger partial charge on any atom is -0.493 e. The van der Waals surface area contributed by atoms with Crippen LogP contribution < -0.4 is 14.2 Å². The van der Waals surface area contributed by atoms with Crippen LogP contribution in [0.2, 0.25) is 0 Å². The first-order valence-corrected chi connectivity index (χ1v) is 11.4. The van der Waals surface area contributed by atoms with E-state index in [0.29, 0.717) is 23.7 Å². The van der Waals surface area contributed by atoms with Gasteiger partial charge in [-0.05, 0) is 24.3 Å². The van der Waals surface area contributed by atoms with Gasteiger partial charge in [0.25, 0.3) is 5.91 Å². The highest BCUT2D eigenvalue weighted by atomic mass is 32.2. The van der Waals surface area contributed by atoms with Crippen LogP contribution in [-0.2, 0) is 14.8 Å². The van der Waals surface area contributed by atoms with Gasteiger partial charge in [-0.2, -0.15) is 4.31 Å². The molecule has 1 amide bonds. The Labute approximate surface area is 187 Å². The molecule has 1 fully saturated rings. The van der Waals surface area contributed by atoms with Gasteiger partial charge in [0.2, 0.25) is 15.9 Å². The second kappa shape index (κ2) is 10.6. The molecule has 11 heteroatoms. The largest absolute Gasteiger partial charge is 0.493 e. The average molecular weight is 466 g/mol. The van der Waals surface area contributed by atoms with Crippen LogP contribution in [0.4, 0.5) is 0 Å². The molecule has 2 heterocycles. The number of rotatable bonds is 9. The van der Waals surface area contributed by atoms with E-state index in [1.165, 1.54) is 30.7 Å². The molecule has 0 radical (unpaired) electrons. The Balaban J connectivity index is 1.69. The number of hydrogen-bond acceptors (Lipinski definition) is 8. The number of piperazine rings is 1. The lowest BCUT2D eigenvalue weighted by molar-refractivity contribution is 0.0689. The zero-order chi connectivity index (χ0) is 23.1. The number of benzene rings is 1. The quantitative estimate of drug-likeness (QED) is 0.510. The highest BCUT2D eigenvalue weighted by Gasteiger charge is 2.32. The van der Waals surface area contributed by atoms with Gasteiger partial charge < -0.3 is 23.8 Å². The van der Waals surface area contributed by atoms with E-state index in [-0.39, 0.29) is 49.5 Å². The van der Waals surface area contributed by atoms with Gasteiger partial charge in [0.1, 0.15) is 12.2 Å². The highest BCUT2D eigenvalue weighted by Crippen LogP contribution is 2.31. The lowest BCUT2D eigenvalue weighted by Crippen LogP contribution is -2.50. The molecule has 1 aromatic heterocycles. The van der Waals surface area contributed by atoms with Crippen molar-refractivity contribution in [2.24, 2.45) is 0 Å². The maximum atomic E-state index is 13.1. The molecule has 1 saturated heterocycles. The first kappa shape index (κ1) is 23.8. The summed E-state index contributed by atoms with van der Waals surface area (Å²) in [6.07, 6.45) is 1.55. The van der Waals surface area contributed by atoms with E-state index in [4.69, 9.17) is 18.9 Å². The normalized spacial score (nSPS) is 14.8. The molecule has 0 atom stereocenters. The molecule has 0 aliphatic carbocycles. The molecule has 2 aromatic rings. The molecule has 1 aliphatic rings. The van der Waals surface area contributed by atoms with Crippen LogP contribution in [0.1, 0.15) is 10.4 Å². The lowest BCUT2D eigenvalue weighted by atomic mass is 10.2. The van der Waals surface area contributed by atoms with Crippen molar-refractivity contribution in [3.05, 3.63) is 42.1 Å². The van der Waals surface area contributed by atoms with Gasteiger partial charge in [-0.25, -0.2) is 13.4 Å². The Morgan fingerprint density at radius 1 is 1.00 bits per heavy atom. The third kappa shape index (κ3) is 5.12. The summed E-state index contributed by atoms with van der Waals surface area (Å²) in [6, 6.07) is 7.77. The SMILES string of the molecule is COCCOc1ncccc1C(=O)N1CCN(S(=O)(=O)c2ccc(OC)c(OC)c2)CC1. The summed E-state index contributed by atoms with van der Waals surface area (Å²) in [5, 5.41) is 0. The fourth-order valence-electron chi connectivity index (χ4n) is 3.32. The van der Waals surface area contributed by atoms with Crippen LogP contribution in [-0.4, -0.2) is 89.2 Å². The number of carbonyl (C=O) groups is 1. The van der Waals surface area contributed by atoms with Crippen molar-refractivity contribution in [3.8, 4) is 17.4 Å². The lowest BCUT2D eigenvalue weighted by Gasteiger charge is -2.34. The Morgan fingerprint density at radius 3 is 2.38 bits per heavy atom. The monoisotopic (exact) mass is 465 g/mol. The molecule has 0 bridgehead atoms. The molecular formula is C21H27N3O7S. The first-order valence-electron chi connectivity index (χ1n) is 10.0. The second-order valence-electron chi connectivity index (χ2n) is 6.91. The van der Waals surface area contributed by atoms with Crippen molar-refractivity contribution >= 4 is 15.9 Å².